The average molecular weight is 369 g/mol. The fourth-order valence-corrected chi connectivity index (χ4v) is 3.37. The molecule has 0 saturated heterocycles. The molecule has 0 atom stereocenters. The normalized spacial score (nSPS) is 14.9. The van der Waals surface area contributed by atoms with E-state index < -0.39 is 0 Å². The van der Waals surface area contributed by atoms with Gasteiger partial charge in [-0.25, -0.2) is 4.98 Å². The van der Waals surface area contributed by atoms with Crippen LogP contribution in [0.1, 0.15) is 48.9 Å². The molecule has 2 aromatic rings. The number of benzene rings is 1. The predicted molar refractivity (Wildman–Crippen MR) is 106 cm³/mol. The molecule has 1 aromatic heterocycles. The molecule has 0 spiro atoms. The maximum atomic E-state index is 12.6. The summed E-state index contributed by atoms with van der Waals surface area (Å²) < 4.78 is 10.6. The van der Waals surface area contributed by atoms with Crippen molar-refractivity contribution >= 4 is 17.4 Å². The largest absolute Gasteiger partial charge is 0.497 e. The third-order valence-electron chi connectivity index (χ3n) is 4.88. The molecule has 0 aliphatic heterocycles. The molecule has 1 fully saturated rings. The Balaban J connectivity index is 1.70. The van der Waals surface area contributed by atoms with Gasteiger partial charge in [-0.05, 0) is 37.1 Å². The van der Waals surface area contributed by atoms with Crippen LogP contribution in [0, 0.1) is 0 Å². The number of amides is 1. The Morgan fingerprint density at radius 2 is 1.81 bits per heavy atom. The van der Waals surface area contributed by atoms with E-state index in [1.54, 1.807) is 38.6 Å². The lowest BCUT2D eigenvalue weighted by atomic mass is 10.1. The lowest BCUT2D eigenvalue weighted by Gasteiger charge is -2.16. The van der Waals surface area contributed by atoms with E-state index in [1.807, 2.05) is 12.1 Å². The molecule has 0 bridgehead atoms. The number of carbonyl (C=O) groups is 1. The molecule has 1 amide bonds. The first-order valence-corrected chi connectivity index (χ1v) is 9.45. The van der Waals surface area contributed by atoms with Crippen molar-refractivity contribution in [1.29, 1.82) is 0 Å². The first-order valence-electron chi connectivity index (χ1n) is 9.45. The standard InChI is InChI=1S/C21H27N3O3/c1-26-17-9-10-18(19(14-17)27-2)24-20-13-15(11-12-22-20)21(25)23-16-7-5-3-4-6-8-16/h9-14,16H,3-8H2,1-2H3,(H,22,24)(H,23,25). The van der Waals surface area contributed by atoms with Crippen LogP contribution >= 0.6 is 0 Å². The summed E-state index contributed by atoms with van der Waals surface area (Å²) in [5, 5.41) is 6.38. The molecular weight excluding hydrogens is 342 g/mol. The topological polar surface area (TPSA) is 72.5 Å². The summed E-state index contributed by atoms with van der Waals surface area (Å²) in [5.74, 6) is 1.90. The minimum absolute atomic E-state index is 0.0472. The van der Waals surface area contributed by atoms with Gasteiger partial charge in [-0.1, -0.05) is 25.7 Å². The summed E-state index contributed by atoms with van der Waals surface area (Å²) in [6.45, 7) is 0. The molecule has 144 valence electrons. The van der Waals surface area contributed by atoms with Gasteiger partial charge in [0.1, 0.15) is 17.3 Å². The third-order valence-corrected chi connectivity index (χ3v) is 4.88. The summed E-state index contributed by atoms with van der Waals surface area (Å²) in [7, 11) is 3.21. The molecule has 1 saturated carbocycles. The van der Waals surface area contributed by atoms with Gasteiger partial charge in [0.15, 0.2) is 0 Å². The van der Waals surface area contributed by atoms with Crippen molar-refractivity contribution in [2.45, 2.75) is 44.6 Å². The van der Waals surface area contributed by atoms with E-state index in [4.69, 9.17) is 9.47 Å². The van der Waals surface area contributed by atoms with Crippen LogP contribution in [-0.2, 0) is 0 Å². The number of nitrogens with zero attached hydrogens (tertiary/aromatic N) is 1. The van der Waals surface area contributed by atoms with Gasteiger partial charge >= 0.3 is 0 Å². The van der Waals surface area contributed by atoms with Gasteiger partial charge in [-0.3, -0.25) is 4.79 Å². The molecule has 1 aliphatic carbocycles. The van der Waals surface area contributed by atoms with Crippen molar-refractivity contribution in [2.24, 2.45) is 0 Å². The van der Waals surface area contributed by atoms with Crippen LogP contribution < -0.4 is 20.1 Å². The number of hydrogen-bond donors (Lipinski definition) is 2. The highest BCUT2D eigenvalue weighted by Crippen LogP contribution is 2.31. The number of rotatable bonds is 6. The maximum Gasteiger partial charge on any atom is 0.251 e. The zero-order valence-electron chi connectivity index (χ0n) is 16.0. The summed E-state index contributed by atoms with van der Waals surface area (Å²) in [6, 6.07) is 9.26. The van der Waals surface area contributed by atoms with E-state index in [2.05, 4.69) is 15.6 Å². The highest BCUT2D eigenvalue weighted by molar-refractivity contribution is 5.95. The monoisotopic (exact) mass is 369 g/mol. The van der Waals surface area contributed by atoms with Gasteiger partial charge in [0, 0.05) is 23.9 Å². The van der Waals surface area contributed by atoms with Gasteiger partial charge in [0.25, 0.3) is 5.91 Å². The van der Waals surface area contributed by atoms with Crippen molar-refractivity contribution in [3.05, 3.63) is 42.1 Å². The fraction of sp³-hybridized carbons (Fsp3) is 0.429. The minimum atomic E-state index is -0.0472. The quantitative estimate of drug-likeness (QED) is 0.743. The fourth-order valence-electron chi connectivity index (χ4n) is 3.37. The molecule has 0 unspecified atom stereocenters. The molecule has 0 radical (unpaired) electrons. The Labute approximate surface area is 160 Å². The first kappa shape index (κ1) is 19.0. The number of pyridine rings is 1. The molecule has 1 aliphatic rings. The molecule has 2 N–H and O–H groups in total. The number of ether oxygens (including phenoxy) is 2. The van der Waals surface area contributed by atoms with E-state index in [0.29, 0.717) is 22.9 Å². The van der Waals surface area contributed by atoms with Crippen molar-refractivity contribution in [1.82, 2.24) is 10.3 Å². The Morgan fingerprint density at radius 1 is 1.04 bits per heavy atom. The Kier molecular flexibility index (Phi) is 6.52. The number of aromatic nitrogens is 1. The Hall–Kier alpha value is -2.76. The average Bonchev–Trinajstić information content (AvgIpc) is 2.97. The molecule has 6 heteroatoms. The van der Waals surface area contributed by atoms with Crippen LogP contribution in [0.2, 0.25) is 0 Å². The van der Waals surface area contributed by atoms with Crippen LogP contribution in [0.3, 0.4) is 0 Å². The molecule has 1 heterocycles. The van der Waals surface area contributed by atoms with Gasteiger partial charge in [0.05, 0.1) is 19.9 Å². The number of nitrogens with one attached hydrogen (secondary N) is 2. The Bertz CT molecular complexity index is 771. The molecule has 1 aromatic carbocycles. The molecule has 27 heavy (non-hydrogen) atoms. The van der Waals surface area contributed by atoms with Crippen molar-refractivity contribution < 1.29 is 14.3 Å². The van der Waals surface area contributed by atoms with Gasteiger partial charge in [-0.15, -0.1) is 0 Å². The predicted octanol–water partition coefficient (Wildman–Crippen LogP) is 4.30. The molecule has 6 nitrogen and oxygen atoms in total. The van der Waals surface area contributed by atoms with Gasteiger partial charge in [0.2, 0.25) is 0 Å². The van der Waals surface area contributed by atoms with E-state index in [9.17, 15) is 4.79 Å². The lowest BCUT2D eigenvalue weighted by Crippen LogP contribution is -2.34. The zero-order chi connectivity index (χ0) is 19.1. The summed E-state index contributed by atoms with van der Waals surface area (Å²) in [5.41, 5.74) is 1.36. The second-order valence-corrected chi connectivity index (χ2v) is 6.78. The van der Waals surface area contributed by atoms with Crippen molar-refractivity contribution in [2.75, 3.05) is 19.5 Å². The van der Waals surface area contributed by atoms with Crippen LogP contribution in [0.15, 0.2) is 36.5 Å². The minimum Gasteiger partial charge on any atom is -0.497 e. The van der Waals surface area contributed by atoms with Crippen molar-refractivity contribution in [3.63, 3.8) is 0 Å². The zero-order valence-corrected chi connectivity index (χ0v) is 16.0. The summed E-state index contributed by atoms with van der Waals surface area (Å²) in [4.78, 5) is 16.9. The van der Waals surface area contributed by atoms with E-state index >= 15 is 0 Å². The van der Waals surface area contributed by atoms with Crippen LogP contribution in [0.4, 0.5) is 11.5 Å². The van der Waals surface area contributed by atoms with Crippen molar-refractivity contribution in [3.8, 4) is 11.5 Å². The number of anilines is 2. The lowest BCUT2D eigenvalue weighted by molar-refractivity contribution is 0.0933. The smallest absolute Gasteiger partial charge is 0.251 e. The number of carbonyl (C=O) groups excluding carboxylic acids is 1. The number of methoxy groups -OCH3 is 2. The maximum absolute atomic E-state index is 12.6. The molecule has 3 rings (SSSR count). The molecular formula is C21H27N3O3. The summed E-state index contributed by atoms with van der Waals surface area (Å²) in [6.07, 6.45) is 8.66. The van der Waals surface area contributed by atoms with E-state index in [0.717, 1.165) is 18.5 Å². The second-order valence-electron chi connectivity index (χ2n) is 6.78. The second kappa shape index (κ2) is 9.26. The highest BCUT2D eigenvalue weighted by Gasteiger charge is 2.16. The van der Waals surface area contributed by atoms with Crippen LogP contribution in [0.25, 0.3) is 0 Å². The highest BCUT2D eigenvalue weighted by atomic mass is 16.5. The third kappa shape index (κ3) is 5.12. The van der Waals surface area contributed by atoms with Crippen LogP contribution in [0.5, 0.6) is 11.5 Å². The Morgan fingerprint density at radius 3 is 2.52 bits per heavy atom. The van der Waals surface area contributed by atoms with E-state index in [-0.39, 0.29) is 11.9 Å². The van der Waals surface area contributed by atoms with Gasteiger partial charge in [-0.2, -0.15) is 0 Å². The SMILES string of the molecule is COc1ccc(Nc2cc(C(=O)NC3CCCCCC3)ccn2)c(OC)c1. The summed E-state index contributed by atoms with van der Waals surface area (Å²) >= 11 is 0. The van der Waals surface area contributed by atoms with E-state index in [1.165, 1.54) is 25.7 Å². The van der Waals surface area contributed by atoms with Gasteiger partial charge < -0.3 is 20.1 Å². The number of hydrogen-bond acceptors (Lipinski definition) is 5. The first-order chi connectivity index (χ1) is 13.2. The van der Waals surface area contributed by atoms with Crippen LogP contribution in [-0.4, -0.2) is 31.2 Å².